The molecule has 2 aliphatic carbocycles. The summed E-state index contributed by atoms with van der Waals surface area (Å²) in [6, 6.07) is 2.81. The minimum Gasteiger partial charge on any atom is -0.369 e. The van der Waals surface area contributed by atoms with Crippen molar-refractivity contribution in [2.45, 2.75) is 69.4 Å². The zero-order valence-corrected chi connectivity index (χ0v) is 23.0. The molecule has 4 aromatic rings. The lowest BCUT2D eigenvalue weighted by molar-refractivity contribution is -0.122. The van der Waals surface area contributed by atoms with Crippen molar-refractivity contribution >= 4 is 57.9 Å². The SMILES string of the molecule is NC(=O)[C@H]1CC[C@H](n2c(Nc3c(F)cc(Cl)cc3Cl)nc3cnc(NC4CCC(c5ncno5)CC4)nc32)CC1. The third-order valence-corrected chi connectivity index (χ3v) is 8.44. The minimum absolute atomic E-state index is 0.0372. The fourth-order valence-electron chi connectivity index (χ4n) is 5.82. The lowest BCUT2D eigenvalue weighted by atomic mass is 9.85. The van der Waals surface area contributed by atoms with E-state index in [1.165, 1.54) is 18.5 Å². The standard InChI is InChI=1S/C26H28Cl2FN9O2/c27-15-9-18(28)21(19(29)10-15)36-26-35-20-11-31-25(34-16-5-1-14(2-6-16)24-32-12-33-40-24)37-23(20)38(26)17-7-3-13(4-8-17)22(30)39/h9-14,16-17H,1-8H2,(H2,30,39)(H,35,36)(H,31,34,37)/t13-,14?,16?,17-. The quantitative estimate of drug-likeness (QED) is 0.245. The zero-order chi connectivity index (χ0) is 27.8. The fraction of sp³-hybridized carbons (Fsp3) is 0.462. The predicted molar refractivity (Wildman–Crippen MR) is 148 cm³/mol. The highest BCUT2D eigenvalue weighted by atomic mass is 35.5. The van der Waals surface area contributed by atoms with Crippen LogP contribution in [0.25, 0.3) is 11.2 Å². The second-order valence-corrected chi connectivity index (χ2v) is 11.3. The Balaban J connectivity index is 1.28. The first kappa shape index (κ1) is 26.7. The summed E-state index contributed by atoms with van der Waals surface area (Å²) >= 11 is 12.3. The molecular formula is C26H28Cl2FN9O2. The maximum atomic E-state index is 14.8. The van der Waals surface area contributed by atoms with E-state index in [0.717, 1.165) is 25.7 Å². The third-order valence-electron chi connectivity index (χ3n) is 7.93. The molecule has 14 heteroatoms. The number of aromatic nitrogens is 6. The van der Waals surface area contributed by atoms with Gasteiger partial charge >= 0.3 is 0 Å². The van der Waals surface area contributed by atoms with Gasteiger partial charge in [-0.1, -0.05) is 28.4 Å². The second-order valence-electron chi connectivity index (χ2n) is 10.5. The Morgan fingerprint density at radius 2 is 1.82 bits per heavy atom. The number of amides is 1. The predicted octanol–water partition coefficient (Wildman–Crippen LogP) is 5.75. The first-order valence-electron chi connectivity index (χ1n) is 13.3. The number of benzene rings is 1. The van der Waals surface area contributed by atoms with Gasteiger partial charge in [0.25, 0.3) is 0 Å². The van der Waals surface area contributed by atoms with Gasteiger partial charge in [-0.2, -0.15) is 9.97 Å². The number of fused-ring (bicyclic) bond motifs is 1. The number of carbonyl (C=O) groups is 1. The second kappa shape index (κ2) is 11.2. The van der Waals surface area contributed by atoms with Gasteiger partial charge in [-0.3, -0.25) is 9.36 Å². The van der Waals surface area contributed by atoms with Crippen LogP contribution in [-0.2, 0) is 4.79 Å². The van der Waals surface area contributed by atoms with E-state index in [0.29, 0.717) is 54.6 Å². The number of primary amides is 1. The lowest BCUT2D eigenvalue weighted by Gasteiger charge is -2.29. The van der Waals surface area contributed by atoms with Crippen molar-refractivity contribution in [2.75, 3.05) is 10.6 Å². The highest BCUT2D eigenvalue weighted by Crippen LogP contribution is 2.39. The number of anilines is 3. The van der Waals surface area contributed by atoms with Gasteiger partial charge in [0.2, 0.25) is 23.7 Å². The molecule has 0 bridgehead atoms. The summed E-state index contributed by atoms with van der Waals surface area (Å²) in [6.07, 6.45) is 9.43. The van der Waals surface area contributed by atoms with Crippen LogP contribution in [0.3, 0.4) is 0 Å². The van der Waals surface area contributed by atoms with Gasteiger partial charge in [0.15, 0.2) is 12.0 Å². The monoisotopic (exact) mass is 587 g/mol. The van der Waals surface area contributed by atoms with Crippen molar-refractivity contribution < 1.29 is 13.7 Å². The van der Waals surface area contributed by atoms with Crippen LogP contribution in [0.5, 0.6) is 0 Å². The molecule has 0 atom stereocenters. The van der Waals surface area contributed by atoms with Gasteiger partial charge in [0.1, 0.15) is 11.3 Å². The number of hydrogen-bond acceptors (Lipinski definition) is 9. The van der Waals surface area contributed by atoms with Crippen LogP contribution in [0.1, 0.15) is 69.2 Å². The van der Waals surface area contributed by atoms with Crippen molar-refractivity contribution in [2.24, 2.45) is 11.7 Å². The van der Waals surface area contributed by atoms with E-state index in [1.54, 1.807) is 6.20 Å². The highest BCUT2D eigenvalue weighted by molar-refractivity contribution is 6.36. The van der Waals surface area contributed by atoms with E-state index in [2.05, 4.69) is 25.8 Å². The number of imidazole rings is 1. The molecule has 11 nitrogen and oxygen atoms in total. The molecular weight excluding hydrogens is 560 g/mol. The Kier molecular flexibility index (Phi) is 7.45. The molecule has 210 valence electrons. The minimum atomic E-state index is -0.599. The molecule has 0 spiro atoms. The van der Waals surface area contributed by atoms with E-state index in [9.17, 15) is 9.18 Å². The van der Waals surface area contributed by atoms with Crippen LogP contribution < -0.4 is 16.4 Å². The molecule has 1 aromatic carbocycles. The number of carbonyl (C=O) groups excluding carboxylic acids is 1. The topological polar surface area (TPSA) is 150 Å². The molecule has 0 radical (unpaired) electrons. The van der Waals surface area contributed by atoms with Crippen molar-refractivity contribution in [3.63, 3.8) is 0 Å². The van der Waals surface area contributed by atoms with Gasteiger partial charge in [-0.15, -0.1) is 0 Å². The smallest absolute Gasteiger partial charge is 0.229 e. The van der Waals surface area contributed by atoms with Crippen LogP contribution in [0, 0.1) is 11.7 Å². The summed E-state index contributed by atoms with van der Waals surface area (Å²) in [6.45, 7) is 0. The van der Waals surface area contributed by atoms with E-state index in [4.69, 9.17) is 43.4 Å². The number of hydrogen-bond donors (Lipinski definition) is 3. The summed E-state index contributed by atoms with van der Waals surface area (Å²) in [5.41, 5.74) is 6.79. The Morgan fingerprint density at radius 3 is 2.50 bits per heavy atom. The molecule has 2 saturated carbocycles. The van der Waals surface area contributed by atoms with Crippen LogP contribution in [-0.4, -0.2) is 41.6 Å². The first-order chi connectivity index (χ1) is 19.4. The average molecular weight is 588 g/mol. The Hall–Kier alpha value is -3.51. The Bertz CT molecular complexity index is 1490. The summed E-state index contributed by atoms with van der Waals surface area (Å²) in [7, 11) is 0. The molecule has 40 heavy (non-hydrogen) atoms. The molecule has 0 aliphatic heterocycles. The van der Waals surface area contributed by atoms with Gasteiger partial charge in [0, 0.05) is 28.9 Å². The fourth-order valence-corrected chi connectivity index (χ4v) is 6.33. The summed E-state index contributed by atoms with van der Waals surface area (Å²) < 4.78 is 22.0. The largest absolute Gasteiger partial charge is 0.369 e. The molecule has 1 amide bonds. The van der Waals surface area contributed by atoms with Gasteiger partial charge in [0.05, 0.1) is 16.9 Å². The van der Waals surface area contributed by atoms with Gasteiger partial charge < -0.3 is 20.9 Å². The van der Waals surface area contributed by atoms with Gasteiger partial charge in [-0.25, -0.2) is 14.4 Å². The third kappa shape index (κ3) is 5.42. The zero-order valence-electron chi connectivity index (χ0n) is 21.5. The Labute approximate surface area is 239 Å². The van der Waals surface area contributed by atoms with Crippen molar-refractivity contribution in [1.29, 1.82) is 0 Å². The van der Waals surface area contributed by atoms with Crippen molar-refractivity contribution in [3.8, 4) is 0 Å². The summed E-state index contributed by atoms with van der Waals surface area (Å²) in [4.78, 5) is 30.0. The van der Waals surface area contributed by atoms with Crippen LogP contribution in [0.4, 0.5) is 22.0 Å². The van der Waals surface area contributed by atoms with Crippen LogP contribution in [0.15, 0.2) is 29.2 Å². The van der Waals surface area contributed by atoms with Crippen LogP contribution in [0.2, 0.25) is 10.0 Å². The van der Waals surface area contributed by atoms with E-state index in [-0.39, 0.29) is 45.6 Å². The van der Waals surface area contributed by atoms with E-state index in [1.807, 2.05) is 4.57 Å². The Morgan fingerprint density at radius 1 is 1.05 bits per heavy atom. The first-order valence-corrected chi connectivity index (χ1v) is 14.1. The van der Waals surface area contributed by atoms with Crippen molar-refractivity contribution in [1.82, 2.24) is 29.7 Å². The highest BCUT2D eigenvalue weighted by Gasteiger charge is 2.30. The number of halogens is 3. The molecule has 0 saturated heterocycles. The average Bonchev–Trinajstić information content (AvgIpc) is 3.59. The maximum absolute atomic E-state index is 14.8. The van der Waals surface area contributed by atoms with E-state index < -0.39 is 5.82 Å². The molecule has 3 heterocycles. The number of nitrogens with one attached hydrogen (secondary N) is 2. The number of nitrogens with two attached hydrogens (primary N) is 1. The normalized spacial score (nSPS) is 23.3. The molecule has 0 unspecified atom stereocenters. The van der Waals surface area contributed by atoms with Crippen LogP contribution >= 0.6 is 23.2 Å². The molecule has 3 aromatic heterocycles. The molecule has 2 fully saturated rings. The van der Waals surface area contributed by atoms with Crippen molar-refractivity contribution in [3.05, 3.63) is 46.4 Å². The summed E-state index contributed by atoms with van der Waals surface area (Å²) in [5.74, 6) is 0.760. The van der Waals surface area contributed by atoms with Gasteiger partial charge in [-0.05, 0) is 63.5 Å². The molecule has 4 N–H and O–H groups in total. The number of nitrogens with zero attached hydrogens (tertiary/aromatic N) is 6. The summed E-state index contributed by atoms with van der Waals surface area (Å²) in [5, 5.41) is 10.6. The number of rotatable bonds is 7. The lowest BCUT2D eigenvalue weighted by Crippen LogP contribution is -2.29. The van der Waals surface area contributed by atoms with E-state index >= 15 is 0 Å². The molecule has 6 rings (SSSR count). The molecule has 2 aliphatic rings. The maximum Gasteiger partial charge on any atom is 0.229 e.